The highest BCUT2D eigenvalue weighted by Crippen LogP contribution is 2.23. The second kappa shape index (κ2) is 5.76. The first kappa shape index (κ1) is 12.1. The Bertz CT molecular complexity index is 296. The fourth-order valence-corrected chi connectivity index (χ4v) is 1.58. The number of hydrogen-bond donors (Lipinski definition) is 1. The normalized spacial score (nSPS) is 14.7. The molecule has 0 amide bonds. The van der Waals surface area contributed by atoms with Crippen LogP contribution < -0.4 is 5.73 Å². The molecular weight excluding hydrogens is 186 g/mol. The number of rotatable bonds is 5. The molecule has 0 aromatic carbocycles. The Morgan fingerprint density at radius 3 is 2.80 bits per heavy atom. The fourth-order valence-electron chi connectivity index (χ4n) is 1.58. The second-order valence-corrected chi connectivity index (χ2v) is 4.38. The molecule has 0 radical (unpaired) electrons. The average Bonchev–Trinajstić information content (AvgIpc) is 2.68. The van der Waals surface area contributed by atoms with Crippen LogP contribution in [0.5, 0.6) is 0 Å². The van der Waals surface area contributed by atoms with Gasteiger partial charge >= 0.3 is 0 Å². The molecule has 1 rings (SSSR count). The van der Waals surface area contributed by atoms with E-state index < -0.39 is 0 Å². The van der Waals surface area contributed by atoms with E-state index in [2.05, 4.69) is 26.8 Å². The van der Waals surface area contributed by atoms with Gasteiger partial charge in [-0.3, -0.25) is 0 Å². The third-order valence-electron chi connectivity index (χ3n) is 2.66. The van der Waals surface area contributed by atoms with Crippen molar-refractivity contribution in [3.05, 3.63) is 35.8 Å². The second-order valence-electron chi connectivity index (χ2n) is 4.38. The zero-order valence-corrected chi connectivity index (χ0v) is 9.86. The largest absolute Gasteiger partial charge is 0.468 e. The molecule has 0 aliphatic rings. The van der Waals surface area contributed by atoms with E-state index in [0.29, 0.717) is 5.92 Å². The van der Waals surface area contributed by atoms with Crippen molar-refractivity contribution < 1.29 is 4.42 Å². The summed E-state index contributed by atoms with van der Waals surface area (Å²) in [5, 5.41) is 0. The maximum absolute atomic E-state index is 6.09. The van der Waals surface area contributed by atoms with E-state index in [1.165, 1.54) is 5.57 Å². The van der Waals surface area contributed by atoms with Crippen LogP contribution in [0.4, 0.5) is 0 Å². The van der Waals surface area contributed by atoms with E-state index in [1.54, 1.807) is 6.26 Å². The summed E-state index contributed by atoms with van der Waals surface area (Å²) in [6.45, 7) is 6.42. The fraction of sp³-hybridized carbons (Fsp3) is 0.538. The van der Waals surface area contributed by atoms with E-state index in [0.717, 1.165) is 18.6 Å². The third-order valence-corrected chi connectivity index (χ3v) is 2.66. The molecule has 1 aromatic rings. The maximum atomic E-state index is 6.09. The molecule has 2 unspecified atom stereocenters. The van der Waals surface area contributed by atoms with Crippen LogP contribution in [-0.2, 0) is 0 Å². The average molecular weight is 207 g/mol. The summed E-state index contributed by atoms with van der Waals surface area (Å²) < 4.78 is 5.30. The van der Waals surface area contributed by atoms with Crippen LogP contribution in [0.2, 0.25) is 0 Å². The molecule has 0 saturated carbocycles. The van der Waals surface area contributed by atoms with Gasteiger partial charge in [0.05, 0.1) is 12.3 Å². The first-order valence-electron chi connectivity index (χ1n) is 5.53. The predicted molar refractivity (Wildman–Crippen MR) is 63.5 cm³/mol. The number of nitrogens with two attached hydrogens (primary N) is 1. The Hall–Kier alpha value is -1.02. The van der Waals surface area contributed by atoms with Crippen molar-refractivity contribution in [2.75, 3.05) is 0 Å². The monoisotopic (exact) mass is 207 g/mol. The molecule has 0 saturated heterocycles. The van der Waals surface area contributed by atoms with Crippen LogP contribution in [0.15, 0.2) is 34.5 Å². The lowest BCUT2D eigenvalue weighted by molar-refractivity contribution is 0.369. The molecule has 0 aliphatic carbocycles. The molecular formula is C13H21NO. The first-order valence-corrected chi connectivity index (χ1v) is 5.53. The van der Waals surface area contributed by atoms with Gasteiger partial charge in [-0.2, -0.15) is 0 Å². The summed E-state index contributed by atoms with van der Waals surface area (Å²) >= 11 is 0. The van der Waals surface area contributed by atoms with Gasteiger partial charge in [-0.1, -0.05) is 18.6 Å². The number of hydrogen-bond acceptors (Lipinski definition) is 2. The van der Waals surface area contributed by atoms with Crippen molar-refractivity contribution in [3.8, 4) is 0 Å². The zero-order chi connectivity index (χ0) is 11.3. The molecule has 2 nitrogen and oxygen atoms in total. The standard InChI is InChI=1S/C13H21NO/c1-10(2)6-4-7-11(3)13(14)12-8-5-9-15-12/h5-6,8-9,11,13H,4,7,14H2,1-3H3. The minimum Gasteiger partial charge on any atom is -0.468 e. The number of furan rings is 1. The first-order chi connectivity index (χ1) is 7.11. The summed E-state index contributed by atoms with van der Waals surface area (Å²) in [4.78, 5) is 0. The molecule has 84 valence electrons. The molecule has 0 spiro atoms. The van der Waals surface area contributed by atoms with Crippen molar-refractivity contribution in [1.29, 1.82) is 0 Å². The highest BCUT2D eigenvalue weighted by molar-refractivity contribution is 5.04. The third kappa shape index (κ3) is 3.92. The van der Waals surface area contributed by atoms with Crippen molar-refractivity contribution in [3.63, 3.8) is 0 Å². The van der Waals surface area contributed by atoms with Crippen LogP contribution >= 0.6 is 0 Å². The van der Waals surface area contributed by atoms with Crippen molar-refractivity contribution >= 4 is 0 Å². The molecule has 15 heavy (non-hydrogen) atoms. The molecule has 2 atom stereocenters. The van der Waals surface area contributed by atoms with E-state index in [-0.39, 0.29) is 6.04 Å². The molecule has 0 aliphatic heterocycles. The van der Waals surface area contributed by atoms with Gasteiger partial charge < -0.3 is 10.2 Å². The summed E-state index contributed by atoms with van der Waals surface area (Å²) in [5.41, 5.74) is 7.45. The molecule has 0 fully saturated rings. The smallest absolute Gasteiger partial charge is 0.120 e. The minimum atomic E-state index is 0.0190. The summed E-state index contributed by atoms with van der Waals surface area (Å²) in [6.07, 6.45) is 6.13. The quantitative estimate of drug-likeness (QED) is 0.748. The van der Waals surface area contributed by atoms with Gasteiger partial charge in [-0.05, 0) is 44.7 Å². The molecule has 2 heteroatoms. The van der Waals surface area contributed by atoms with E-state index in [9.17, 15) is 0 Å². The van der Waals surface area contributed by atoms with Gasteiger partial charge in [0.25, 0.3) is 0 Å². The van der Waals surface area contributed by atoms with Crippen molar-refractivity contribution in [2.45, 2.75) is 39.7 Å². The molecule has 1 heterocycles. The summed E-state index contributed by atoms with van der Waals surface area (Å²) in [5.74, 6) is 1.34. The van der Waals surface area contributed by atoms with Gasteiger partial charge in [0.15, 0.2) is 0 Å². The van der Waals surface area contributed by atoms with Gasteiger partial charge in [0.2, 0.25) is 0 Å². The molecule has 1 aromatic heterocycles. The highest BCUT2D eigenvalue weighted by Gasteiger charge is 2.16. The van der Waals surface area contributed by atoms with Crippen LogP contribution in [0, 0.1) is 5.92 Å². The van der Waals surface area contributed by atoms with Crippen LogP contribution in [-0.4, -0.2) is 0 Å². The van der Waals surface area contributed by atoms with Crippen LogP contribution in [0.3, 0.4) is 0 Å². The lowest BCUT2D eigenvalue weighted by Crippen LogP contribution is -2.18. The van der Waals surface area contributed by atoms with Gasteiger partial charge in [0, 0.05) is 0 Å². The molecule has 2 N–H and O–H groups in total. The Morgan fingerprint density at radius 2 is 2.27 bits per heavy atom. The highest BCUT2D eigenvalue weighted by atomic mass is 16.3. The minimum absolute atomic E-state index is 0.0190. The lowest BCUT2D eigenvalue weighted by atomic mass is 9.95. The lowest BCUT2D eigenvalue weighted by Gasteiger charge is -2.16. The van der Waals surface area contributed by atoms with Crippen molar-refractivity contribution in [2.24, 2.45) is 11.7 Å². The van der Waals surface area contributed by atoms with Crippen molar-refractivity contribution in [1.82, 2.24) is 0 Å². The van der Waals surface area contributed by atoms with E-state index in [1.807, 2.05) is 12.1 Å². The predicted octanol–water partition coefficient (Wildman–Crippen LogP) is 3.66. The van der Waals surface area contributed by atoms with E-state index >= 15 is 0 Å². The topological polar surface area (TPSA) is 39.2 Å². The van der Waals surface area contributed by atoms with Gasteiger partial charge in [-0.15, -0.1) is 0 Å². The Labute approximate surface area is 92.2 Å². The maximum Gasteiger partial charge on any atom is 0.120 e. The van der Waals surface area contributed by atoms with Crippen LogP contribution in [0.25, 0.3) is 0 Å². The zero-order valence-electron chi connectivity index (χ0n) is 9.86. The summed E-state index contributed by atoms with van der Waals surface area (Å²) in [6, 6.07) is 3.85. The SMILES string of the molecule is CC(C)=CCCC(C)C(N)c1ccco1. The Kier molecular flexibility index (Phi) is 4.63. The number of allylic oxidation sites excluding steroid dienone is 2. The summed E-state index contributed by atoms with van der Waals surface area (Å²) in [7, 11) is 0. The van der Waals surface area contributed by atoms with Gasteiger partial charge in [0.1, 0.15) is 5.76 Å². The van der Waals surface area contributed by atoms with E-state index in [4.69, 9.17) is 10.2 Å². The Morgan fingerprint density at radius 1 is 1.53 bits per heavy atom. The molecule has 0 bridgehead atoms. The van der Waals surface area contributed by atoms with Gasteiger partial charge in [-0.25, -0.2) is 0 Å². The Balaban J connectivity index is 2.40. The van der Waals surface area contributed by atoms with Crippen LogP contribution in [0.1, 0.15) is 45.4 Å².